The van der Waals surface area contributed by atoms with Gasteiger partial charge in [0.1, 0.15) is 12.4 Å². The maximum absolute atomic E-state index is 11.8. The lowest BCUT2D eigenvalue weighted by Gasteiger charge is -2.12. The third-order valence-corrected chi connectivity index (χ3v) is 2.71. The fourth-order valence-electron chi connectivity index (χ4n) is 1.55. The zero-order valence-electron chi connectivity index (χ0n) is 11.5. The van der Waals surface area contributed by atoms with E-state index in [0.717, 1.165) is 5.69 Å². The van der Waals surface area contributed by atoms with Gasteiger partial charge in [-0.25, -0.2) is 0 Å². The minimum absolute atomic E-state index is 0.0282. The Morgan fingerprint density at radius 2 is 2.21 bits per heavy atom. The van der Waals surface area contributed by atoms with Crippen molar-refractivity contribution in [2.45, 2.75) is 13.3 Å². The van der Waals surface area contributed by atoms with E-state index in [9.17, 15) is 4.79 Å². The van der Waals surface area contributed by atoms with E-state index in [-0.39, 0.29) is 11.8 Å². The average molecular weight is 266 g/mol. The Morgan fingerprint density at radius 3 is 2.89 bits per heavy atom. The molecule has 106 valence electrons. The number of carbonyl (C=O) groups is 1. The quantitative estimate of drug-likeness (QED) is 0.701. The molecule has 5 heteroatoms. The molecule has 1 atom stereocenters. The fraction of sp³-hybridized carbons (Fsp3) is 0.500. The molecule has 0 aliphatic heterocycles. The Bertz CT molecular complexity index is 396. The molecule has 0 spiro atoms. The molecule has 19 heavy (non-hydrogen) atoms. The van der Waals surface area contributed by atoms with Crippen molar-refractivity contribution in [3.63, 3.8) is 0 Å². The number of nitrogens with two attached hydrogens (primary N) is 1. The third-order valence-electron chi connectivity index (χ3n) is 2.71. The Hall–Kier alpha value is -1.59. The summed E-state index contributed by atoms with van der Waals surface area (Å²) < 4.78 is 10.4. The number of anilines is 1. The maximum atomic E-state index is 11.8. The highest BCUT2D eigenvalue weighted by Gasteiger charge is 2.12. The van der Waals surface area contributed by atoms with Crippen LogP contribution in [0.25, 0.3) is 0 Å². The molecule has 0 aromatic heterocycles. The van der Waals surface area contributed by atoms with Gasteiger partial charge in [0.05, 0.1) is 6.61 Å². The van der Waals surface area contributed by atoms with Crippen LogP contribution in [-0.2, 0) is 9.53 Å². The molecule has 1 aromatic rings. The zero-order valence-corrected chi connectivity index (χ0v) is 11.5. The standard InChI is InChI=1S/C14H22N2O3/c1-11(6-7-15)14(17)16-12-4-3-5-13(10-12)19-9-8-18-2/h3-5,10-11H,6-9,15H2,1-2H3,(H,16,17). The van der Waals surface area contributed by atoms with Gasteiger partial charge in [-0.15, -0.1) is 0 Å². The van der Waals surface area contributed by atoms with E-state index < -0.39 is 0 Å². The molecule has 1 rings (SSSR count). The molecule has 0 radical (unpaired) electrons. The van der Waals surface area contributed by atoms with Crippen LogP contribution in [-0.4, -0.2) is 32.8 Å². The molecule has 1 unspecified atom stereocenters. The van der Waals surface area contributed by atoms with Gasteiger partial charge in [0, 0.05) is 24.8 Å². The summed E-state index contributed by atoms with van der Waals surface area (Å²) in [6, 6.07) is 7.30. The number of hydrogen-bond acceptors (Lipinski definition) is 4. The van der Waals surface area contributed by atoms with Crippen LogP contribution in [0, 0.1) is 5.92 Å². The summed E-state index contributed by atoms with van der Waals surface area (Å²) in [6.07, 6.45) is 0.676. The van der Waals surface area contributed by atoms with E-state index in [1.807, 2.05) is 25.1 Å². The lowest BCUT2D eigenvalue weighted by atomic mass is 10.1. The predicted octanol–water partition coefficient (Wildman–Crippen LogP) is 1.64. The van der Waals surface area contributed by atoms with Crippen molar-refractivity contribution < 1.29 is 14.3 Å². The van der Waals surface area contributed by atoms with Crippen LogP contribution in [0.2, 0.25) is 0 Å². The molecule has 0 aliphatic carbocycles. The summed E-state index contributed by atoms with van der Waals surface area (Å²) >= 11 is 0. The summed E-state index contributed by atoms with van der Waals surface area (Å²) in [5.41, 5.74) is 6.17. The van der Waals surface area contributed by atoms with Crippen LogP contribution in [0.4, 0.5) is 5.69 Å². The first kappa shape index (κ1) is 15.5. The SMILES string of the molecule is COCCOc1cccc(NC(=O)C(C)CCN)c1. The van der Waals surface area contributed by atoms with Crippen molar-refractivity contribution in [1.82, 2.24) is 0 Å². The number of benzene rings is 1. The number of hydrogen-bond donors (Lipinski definition) is 2. The Balaban J connectivity index is 2.54. The minimum Gasteiger partial charge on any atom is -0.491 e. The van der Waals surface area contributed by atoms with E-state index in [4.69, 9.17) is 15.2 Å². The molecule has 0 heterocycles. The van der Waals surface area contributed by atoms with Crippen molar-refractivity contribution in [3.05, 3.63) is 24.3 Å². The molecule has 1 amide bonds. The number of rotatable bonds is 8. The smallest absolute Gasteiger partial charge is 0.227 e. The normalized spacial score (nSPS) is 11.9. The summed E-state index contributed by atoms with van der Waals surface area (Å²) in [7, 11) is 1.62. The number of ether oxygens (including phenoxy) is 2. The Labute approximate surface area is 114 Å². The monoisotopic (exact) mass is 266 g/mol. The molecule has 5 nitrogen and oxygen atoms in total. The van der Waals surface area contributed by atoms with Crippen molar-refractivity contribution in [2.24, 2.45) is 11.7 Å². The van der Waals surface area contributed by atoms with E-state index >= 15 is 0 Å². The van der Waals surface area contributed by atoms with Crippen LogP contribution < -0.4 is 15.8 Å². The molecule has 0 saturated heterocycles. The Kier molecular flexibility index (Phi) is 6.92. The van der Waals surface area contributed by atoms with Gasteiger partial charge in [0.25, 0.3) is 0 Å². The largest absolute Gasteiger partial charge is 0.491 e. The lowest BCUT2D eigenvalue weighted by molar-refractivity contribution is -0.119. The zero-order chi connectivity index (χ0) is 14.1. The van der Waals surface area contributed by atoms with E-state index in [2.05, 4.69) is 5.32 Å². The average Bonchev–Trinajstić information content (AvgIpc) is 2.40. The topological polar surface area (TPSA) is 73.6 Å². The molecule has 0 saturated carbocycles. The van der Waals surface area contributed by atoms with Gasteiger partial charge in [-0.05, 0) is 25.1 Å². The number of nitrogens with one attached hydrogen (secondary N) is 1. The second kappa shape index (κ2) is 8.50. The maximum Gasteiger partial charge on any atom is 0.227 e. The van der Waals surface area contributed by atoms with Gasteiger partial charge in [-0.2, -0.15) is 0 Å². The van der Waals surface area contributed by atoms with Crippen LogP contribution in [0.15, 0.2) is 24.3 Å². The van der Waals surface area contributed by atoms with Crippen LogP contribution in [0.1, 0.15) is 13.3 Å². The first-order valence-electron chi connectivity index (χ1n) is 6.40. The van der Waals surface area contributed by atoms with Crippen LogP contribution in [0.5, 0.6) is 5.75 Å². The molecule has 3 N–H and O–H groups in total. The summed E-state index contributed by atoms with van der Waals surface area (Å²) in [5, 5.41) is 2.85. The van der Waals surface area contributed by atoms with Crippen LogP contribution >= 0.6 is 0 Å². The van der Waals surface area contributed by atoms with E-state index in [0.29, 0.717) is 31.9 Å². The van der Waals surface area contributed by atoms with Gasteiger partial charge < -0.3 is 20.5 Å². The van der Waals surface area contributed by atoms with Crippen molar-refractivity contribution in [2.75, 3.05) is 32.2 Å². The van der Waals surface area contributed by atoms with Crippen molar-refractivity contribution in [1.29, 1.82) is 0 Å². The first-order valence-corrected chi connectivity index (χ1v) is 6.40. The molecular formula is C14H22N2O3. The van der Waals surface area contributed by atoms with Gasteiger partial charge in [0.15, 0.2) is 0 Å². The number of carbonyl (C=O) groups excluding carboxylic acids is 1. The van der Waals surface area contributed by atoms with Crippen molar-refractivity contribution >= 4 is 11.6 Å². The second-order valence-electron chi connectivity index (χ2n) is 4.34. The third kappa shape index (κ3) is 5.72. The van der Waals surface area contributed by atoms with Crippen molar-refractivity contribution in [3.8, 4) is 5.75 Å². The highest BCUT2D eigenvalue weighted by atomic mass is 16.5. The molecule has 0 aliphatic rings. The minimum atomic E-state index is -0.0944. The van der Waals surface area contributed by atoms with Gasteiger partial charge in [-0.1, -0.05) is 13.0 Å². The summed E-state index contributed by atoms with van der Waals surface area (Å²) in [5.74, 6) is 0.587. The Morgan fingerprint density at radius 1 is 1.42 bits per heavy atom. The summed E-state index contributed by atoms with van der Waals surface area (Å²) in [6.45, 7) is 3.39. The number of methoxy groups -OCH3 is 1. The highest BCUT2D eigenvalue weighted by molar-refractivity contribution is 5.92. The summed E-state index contributed by atoms with van der Waals surface area (Å²) in [4.78, 5) is 11.8. The second-order valence-corrected chi connectivity index (χ2v) is 4.34. The number of amides is 1. The van der Waals surface area contributed by atoms with E-state index in [1.165, 1.54) is 0 Å². The molecule has 1 aromatic carbocycles. The van der Waals surface area contributed by atoms with Crippen LogP contribution in [0.3, 0.4) is 0 Å². The van der Waals surface area contributed by atoms with Gasteiger partial charge in [0.2, 0.25) is 5.91 Å². The lowest BCUT2D eigenvalue weighted by Crippen LogP contribution is -2.22. The van der Waals surface area contributed by atoms with E-state index in [1.54, 1.807) is 13.2 Å². The van der Waals surface area contributed by atoms with Gasteiger partial charge >= 0.3 is 0 Å². The highest BCUT2D eigenvalue weighted by Crippen LogP contribution is 2.18. The molecule has 0 bridgehead atoms. The molecule has 0 fully saturated rings. The fourth-order valence-corrected chi connectivity index (χ4v) is 1.55. The first-order chi connectivity index (χ1) is 9.17. The predicted molar refractivity (Wildman–Crippen MR) is 75.3 cm³/mol. The van der Waals surface area contributed by atoms with Gasteiger partial charge in [-0.3, -0.25) is 4.79 Å². The molecular weight excluding hydrogens is 244 g/mol.